The lowest BCUT2D eigenvalue weighted by Gasteiger charge is -2.05. The van der Waals surface area contributed by atoms with Crippen molar-refractivity contribution in [1.82, 2.24) is 0 Å². The van der Waals surface area contributed by atoms with E-state index in [1.807, 2.05) is 0 Å². The molecule has 0 spiro atoms. The number of carboxylic acid groups (broad SMARTS) is 1. The lowest BCUT2D eigenvalue weighted by atomic mass is 10.0. The predicted octanol–water partition coefficient (Wildman–Crippen LogP) is 1.86. The molecule has 0 aliphatic rings. The molecular formula is C10H10ClNO3. The SMILES string of the molecule is CO/N=C(\C(=O)O)c1ccccc1CCl. The molecule has 0 amide bonds. The zero-order chi connectivity index (χ0) is 11.3. The van der Waals surface area contributed by atoms with Crippen LogP contribution in [0.1, 0.15) is 11.1 Å². The second-order valence-corrected chi connectivity index (χ2v) is 2.99. The fourth-order valence-electron chi connectivity index (χ4n) is 1.16. The molecule has 4 nitrogen and oxygen atoms in total. The molecule has 0 saturated carbocycles. The van der Waals surface area contributed by atoms with Crippen molar-refractivity contribution < 1.29 is 14.7 Å². The number of oxime groups is 1. The van der Waals surface area contributed by atoms with Crippen molar-refractivity contribution in [2.24, 2.45) is 5.16 Å². The Morgan fingerprint density at radius 2 is 2.20 bits per heavy atom. The number of carbonyl (C=O) groups is 1. The van der Waals surface area contributed by atoms with Crippen LogP contribution in [0, 0.1) is 0 Å². The number of rotatable bonds is 4. The van der Waals surface area contributed by atoms with Crippen LogP contribution in [0.4, 0.5) is 0 Å². The molecule has 1 aromatic rings. The van der Waals surface area contributed by atoms with E-state index in [9.17, 15) is 4.79 Å². The van der Waals surface area contributed by atoms with Gasteiger partial charge in [0, 0.05) is 11.4 Å². The van der Waals surface area contributed by atoms with E-state index in [0.29, 0.717) is 11.1 Å². The fraction of sp³-hybridized carbons (Fsp3) is 0.200. The maximum Gasteiger partial charge on any atom is 0.358 e. The number of hydrogen-bond donors (Lipinski definition) is 1. The zero-order valence-corrected chi connectivity index (χ0v) is 8.86. The molecule has 0 bridgehead atoms. The van der Waals surface area contributed by atoms with Crippen LogP contribution >= 0.6 is 11.6 Å². The van der Waals surface area contributed by atoms with E-state index in [1.165, 1.54) is 7.11 Å². The molecule has 5 heteroatoms. The third kappa shape index (κ3) is 2.70. The van der Waals surface area contributed by atoms with Gasteiger partial charge in [-0.05, 0) is 5.56 Å². The Morgan fingerprint density at radius 3 is 2.73 bits per heavy atom. The molecule has 0 radical (unpaired) electrons. The van der Waals surface area contributed by atoms with Gasteiger partial charge in [-0.3, -0.25) is 0 Å². The standard InChI is InChI=1S/C10H10ClNO3/c1-15-12-9(10(13)14)8-5-3-2-4-7(8)6-11/h2-5H,6H2,1H3,(H,13,14)/b12-9-. The molecule has 1 N–H and O–H groups in total. The summed E-state index contributed by atoms with van der Waals surface area (Å²) in [4.78, 5) is 15.4. The van der Waals surface area contributed by atoms with Crippen molar-refractivity contribution in [2.45, 2.75) is 5.88 Å². The molecule has 80 valence electrons. The first-order valence-electron chi connectivity index (χ1n) is 4.19. The van der Waals surface area contributed by atoms with Crippen LogP contribution in [-0.2, 0) is 15.5 Å². The van der Waals surface area contributed by atoms with E-state index in [2.05, 4.69) is 9.99 Å². The van der Waals surface area contributed by atoms with Crippen LogP contribution in [0.3, 0.4) is 0 Å². The van der Waals surface area contributed by atoms with Gasteiger partial charge in [0.25, 0.3) is 0 Å². The highest BCUT2D eigenvalue weighted by molar-refractivity contribution is 6.43. The second kappa shape index (κ2) is 5.36. The molecule has 0 aliphatic carbocycles. The third-order valence-electron chi connectivity index (χ3n) is 1.80. The predicted molar refractivity (Wildman–Crippen MR) is 57.2 cm³/mol. The van der Waals surface area contributed by atoms with Gasteiger partial charge in [0.1, 0.15) is 7.11 Å². The summed E-state index contributed by atoms with van der Waals surface area (Å²) in [5.41, 5.74) is 1.04. The highest BCUT2D eigenvalue weighted by Crippen LogP contribution is 2.13. The summed E-state index contributed by atoms with van der Waals surface area (Å²) in [5.74, 6) is -0.916. The molecule has 0 heterocycles. The topological polar surface area (TPSA) is 58.9 Å². The lowest BCUT2D eigenvalue weighted by molar-refractivity contribution is -0.129. The van der Waals surface area contributed by atoms with E-state index < -0.39 is 5.97 Å². The van der Waals surface area contributed by atoms with Gasteiger partial charge in [-0.15, -0.1) is 11.6 Å². The molecular weight excluding hydrogens is 218 g/mol. The van der Waals surface area contributed by atoms with E-state index in [1.54, 1.807) is 24.3 Å². The highest BCUT2D eigenvalue weighted by Gasteiger charge is 2.16. The average Bonchev–Trinajstić information content (AvgIpc) is 2.25. The van der Waals surface area contributed by atoms with Gasteiger partial charge in [-0.2, -0.15) is 0 Å². The quantitative estimate of drug-likeness (QED) is 0.485. The molecule has 15 heavy (non-hydrogen) atoms. The minimum Gasteiger partial charge on any atom is -0.476 e. The number of benzene rings is 1. The summed E-state index contributed by atoms with van der Waals surface area (Å²) in [6.07, 6.45) is 0. The number of nitrogens with zero attached hydrogens (tertiary/aromatic N) is 1. The molecule has 0 aliphatic heterocycles. The Hall–Kier alpha value is -1.55. The van der Waals surface area contributed by atoms with Crippen LogP contribution in [0.5, 0.6) is 0 Å². The molecule has 0 saturated heterocycles. The van der Waals surface area contributed by atoms with E-state index in [4.69, 9.17) is 16.7 Å². The molecule has 1 rings (SSSR count). The fourth-order valence-corrected chi connectivity index (χ4v) is 1.40. The van der Waals surface area contributed by atoms with Crippen LogP contribution < -0.4 is 0 Å². The van der Waals surface area contributed by atoms with Crippen LogP contribution in [0.2, 0.25) is 0 Å². The first-order chi connectivity index (χ1) is 7.20. The van der Waals surface area contributed by atoms with E-state index in [0.717, 1.165) is 0 Å². The first kappa shape index (κ1) is 11.5. The van der Waals surface area contributed by atoms with Gasteiger partial charge in [-0.25, -0.2) is 4.79 Å². The van der Waals surface area contributed by atoms with E-state index in [-0.39, 0.29) is 11.6 Å². The Morgan fingerprint density at radius 1 is 1.53 bits per heavy atom. The van der Waals surface area contributed by atoms with Crippen LogP contribution in [-0.4, -0.2) is 23.9 Å². The third-order valence-corrected chi connectivity index (χ3v) is 2.09. The van der Waals surface area contributed by atoms with Gasteiger partial charge in [-0.1, -0.05) is 29.4 Å². The summed E-state index contributed by atoms with van der Waals surface area (Å²) in [7, 11) is 1.30. The average molecular weight is 228 g/mol. The van der Waals surface area contributed by atoms with Gasteiger partial charge < -0.3 is 9.94 Å². The van der Waals surface area contributed by atoms with Gasteiger partial charge >= 0.3 is 5.97 Å². The van der Waals surface area contributed by atoms with Crippen molar-refractivity contribution in [3.05, 3.63) is 35.4 Å². The normalized spacial score (nSPS) is 11.2. The van der Waals surface area contributed by atoms with Crippen LogP contribution in [0.25, 0.3) is 0 Å². The minimum absolute atomic E-state index is 0.145. The molecule has 1 aromatic carbocycles. The van der Waals surface area contributed by atoms with Crippen molar-refractivity contribution in [2.75, 3.05) is 7.11 Å². The van der Waals surface area contributed by atoms with Crippen molar-refractivity contribution in [1.29, 1.82) is 0 Å². The van der Waals surface area contributed by atoms with E-state index >= 15 is 0 Å². The molecule has 0 fully saturated rings. The first-order valence-corrected chi connectivity index (χ1v) is 4.72. The van der Waals surface area contributed by atoms with Gasteiger partial charge in [0.05, 0.1) is 0 Å². The zero-order valence-electron chi connectivity index (χ0n) is 8.11. The Labute approximate surface area is 92.1 Å². The number of alkyl halides is 1. The number of hydrogen-bond acceptors (Lipinski definition) is 3. The Bertz CT molecular complexity index is 390. The van der Waals surface area contributed by atoms with Gasteiger partial charge in [0.15, 0.2) is 5.71 Å². The van der Waals surface area contributed by atoms with Crippen molar-refractivity contribution in [3.8, 4) is 0 Å². The maximum atomic E-state index is 10.9. The second-order valence-electron chi connectivity index (χ2n) is 2.72. The maximum absolute atomic E-state index is 10.9. The molecule has 0 atom stereocenters. The highest BCUT2D eigenvalue weighted by atomic mass is 35.5. The summed E-state index contributed by atoms with van der Waals surface area (Å²) < 4.78 is 0. The smallest absolute Gasteiger partial charge is 0.358 e. The number of halogens is 1. The van der Waals surface area contributed by atoms with Gasteiger partial charge in [0.2, 0.25) is 0 Å². The van der Waals surface area contributed by atoms with Crippen molar-refractivity contribution >= 4 is 23.3 Å². The van der Waals surface area contributed by atoms with Crippen molar-refractivity contribution in [3.63, 3.8) is 0 Å². The monoisotopic (exact) mass is 227 g/mol. The number of aliphatic carboxylic acids is 1. The Kier molecular flexibility index (Phi) is 4.12. The molecule has 0 unspecified atom stereocenters. The summed E-state index contributed by atoms with van der Waals surface area (Å²) in [5, 5.41) is 12.4. The summed E-state index contributed by atoms with van der Waals surface area (Å²) >= 11 is 5.69. The molecule has 0 aromatic heterocycles. The summed E-state index contributed by atoms with van der Waals surface area (Å²) in [6, 6.07) is 6.90. The number of carboxylic acids is 1. The van der Waals surface area contributed by atoms with Crippen LogP contribution in [0.15, 0.2) is 29.4 Å². The lowest BCUT2D eigenvalue weighted by Crippen LogP contribution is -2.16. The Balaban J connectivity index is 3.22. The largest absolute Gasteiger partial charge is 0.476 e. The minimum atomic E-state index is -1.14. The summed E-state index contributed by atoms with van der Waals surface area (Å²) in [6.45, 7) is 0.